The standard InChI is InChI=1S/C18H24N2O7/c1-18(2,3)27-7-6-12(17(23)24)20-15(21)9-19-16(22)11-4-5-13-14(8-11)26-10-25-13/h4-5,8,12H,6-7,9-10H2,1-3H3,(H,19,22)(H,20,21)(H,23,24). The fourth-order valence-electron chi connectivity index (χ4n) is 2.29. The molecule has 0 saturated heterocycles. The van der Waals surface area contributed by atoms with Crippen molar-refractivity contribution in [3.63, 3.8) is 0 Å². The molecule has 148 valence electrons. The summed E-state index contributed by atoms with van der Waals surface area (Å²) in [5.74, 6) is -1.25. The highest BCUT2D eigenvalue weighted by Gasteiger charge is 2.22. The summed E-state index contributed by atoms with van der Waals surface area (Å²) in [5.41, 5.74) is -0.0912. The maximum Gasteiger partial charge on any atom is 0.326 e. The van der Waals surface area contributed by atoms with E-state index in [1.165, 1.54) is 6.07 Å². The van der Waals surface area contributed by atoms with Gasteiger partial charge >= 0.3 is 5.97 Å². The average molecular weight is 380 g/mol. The molecule has 0 aliphatic carbocycles. The lowest BCUT2D eigenvalue weighted by Gasteiger charge is -2.21. The third-order valence-electron chi connectivity index (χ3n) is 3.62. The van der Waals surface area contributed by atoms with Crippen molar-refractivity contribution in [2.45, 2.75) is 38.8 Å². The molecule has 1 heterocycles. The number of carbonyl (C=O) groups excluding carboxylic acids is 2. The Balaban J connectivity index is 1.81. The van der Waals surface area contributed by atoms with Gasteiger partial charge in [0, 0.05) is 18.6 Å². The summed E-state index contributed by atoms with van der Waals surface area (Å²) in [6, 6.07) is 3.57. The molecule has 0 bridgehead atoms. The van der Waals surface area contributed by atoms with Gasteiger partial charge in [-0.2, -0.15) is 0 Å². The number of hydrogen-bond donors (Lipinski definition) is 3. The van der Waals surface area contributed by atoms with Crippen LogP contribution in [0.3, 0.4) is 0 Å². The van der Waals surface area contributed by atoms with Gasteiger partial charge in [0.2, 0.25) is 12.7 Å². The molecule has 0 fully saturated rings. The maximum atomic E-state index is 12.1. The number of amides is 2. The quantitative estimate of drug-likeness (QED) is 0.613. The lowest BCUT2D eigenvalue weighted by atomic mass is 10.1. The van der Waals surface area contributed by atoms with Gasteiger partial charge in [0.1, 0.15) is 6.04 Å². The minimum Gasteiger partial charge on any atom is -0.480 e. The van der Waals surface area contributed by atoms with Crippen molar-refractivity contribution >= 4 is 17.8 Å². The Morgan fingerprint density at radius 1 is 1.22 bits per heavy atom. The summed E-state index contributed by atoms with van der Waals surface area (Å²) in [6.45, 7) is 5.49. The lowest BCUT2D eigenvalue weighted by Crippen LogP contribution is -2.46. The SMILES string of the molecule is CC(C)(C)OCCC(NC(=O)CNC(=O)c1ccc2c(c1)OCO2)C(=O)O. The van der Waals surface area contributed by atoms with Crippen LogP contribution in [-0.4, -0.2) is 54.5 Å². The first-order valence-electron chi connectivity index (χ1n) is 8.50. The molecule has 0 spiro atoms. The zero-order chi connectivity index (χ0) is 20.0. The molecule has 1 atom stereocenters. The van der Waals surface area contributed by atoms with Gasteiger partial charge in [-0.1, -0.05) is 0 Å². The summed E-state index contributed by atoms with van der Waals surface area (Å²) in [5, 5.41) is 14.0. The first-order valence-corrected chi connectivity index (χ1v) is 8.50. The Morgan fingerprint density at radius 2 is 1.93 bits per heavy atom. The molecule has 1 aromatic carbocycles. The summed E-state index contributed by atoms with van der Waals surface area (Å²) in [6.07, 6.45) is 0.119. The third-order valence-corrected chi connectivity index (χ3v) is 3.62. The van der Waals surface area contributed by atoms with Crippen LogP contribution >= 0.6 is 0 Å². The van der Waals surface area contributed by atoms with Crippen LogP contribution in [0.15, 0.2) is 18.2 Å². The highest BCUT2D eigenvalue weighted by molar-refractivity contribution is 5.97. The smallest absolute Gasteiger partial charge is 0.326 e. The number of carboxylic acids is 1. The summed E-state index contributed by atoms with van der Waals surface area (Å²) < 4.78 is 15.8. The molecule has 9 nitrogen and oxygen atoms in total. The molecule has 9 heteroatoms. The molecule has 2 rings (SSSR count). The molecule has 27 heavy (non-hydrogen) atoms. The molecular formula is C18H24N2O7. The van der Waals surface area contributed by atoms with Crippen LogP contribution < -0.4 is 20.1 Å². The van der Waals surface area contributed by atoms with E-state index >= 15 is 0 Å². The Bertz CT molecular complexity index is 712. The third kappa shape index (κ3) is 6.45. The number of aliphatic carboxylic acids is 1. The number of carboxylic acid groups (broad SMARTS) is 1. The second-order valence-corrected chi connectivity index (χ2v) is 6.96. The molecule has 0 radical (unpaired) electrons. The number of benzene rings is 1. The molecular weight excluding hydrogens is 356 g/mol. The number of fused-ring (bicyclic) bond motifs is 1. The fourth-order valence-corrected chi connectivity index (χ4v) is 2.29. The van der Waals surface area contributed by atoms with E-state index in [0.29, 0.717) is 17.1 Å². The van der Waals surface area contributed by atoms with Gasteiger partial charge in [0.15, 0.2) is 11.5 Å². The van der Waals surface area contributed by atoms with E-state index in [9.17, 15) is 19.5 Å². The topological polar surface area (TPSA) is 123 Å². The minimum atomic E-state index is -1.16. The first kappa shape index (κ1) is 20.5. The summed E-state index contributed by atoms with van der Waals surface area (Å²) in [7, 11) is 0. The molecule has 1 aliphatic rings. The van der Waals surface area contributed by atoms with Gasteiger partial charge in [0.25, 0.3) is 5.91 Å². The number of hydrogen-bond acceptors (Lipinski definition) is 6. The molecule has 2 amide bonds. The number of rotatable bonds is 8. The fraction of sp³-hybridized carbons (Fsp3) is 0.500. The molecule has 0 saturated carbocycles. The second kappa shape index (κ2) is 8.72. The van der Waals surface area contributed by atoms with Gasteiger partial charge in [-0.05, 0) is 39.0 Å². The van der Waals surface area contributed by atoms with Crippen LogP contribution in [0, 0.1) is 0 Å². The van der Waals surface area contributed by atoms with Crippen molar-refractivity contribution < 1.29 is 33.7 Å². The van der Waals surface area contributed by atoms with Crippen LogP contribution in [0.25, 0.3) is 0 Å². The largest absolute Gasteiger partial charge is 0.480 e. The lowest BCUT2D eigenvalue weighted by molar-refractivity contribution is -0.142. The van der Waals surface area contributed by atoms with Crippen molar-refractivity contribution in [3.8, 4) is 11.5 Å². The van der Waals surface area contributed by atoms with E-state index in [1.54, 1.807) is 12.1 Å². The maximum absolute atomic E-state index is 12.1. The second-order valence-electron chi connectivity index (χ2n) is 6.96. The Kier molecular flexibility index (Phi) is 6.62. The van der Waals surface area contributed by atoms with Gasteiger partial charge < -0.3 is 30.0 Å². The molecule has 1 aliphatic heterocycles. The van der Waals surface area contributed by atoms with E-state index in [-0.39, 0.29) is 26.4 Å². The minimum absolute atomic E-state index is 0.0956. The molecule has 1 unspecified atom stereocenters. The summed E-state index contributed by atoms with van der Waals surface area (Å²) in [4.78, 5) is 35.4. The Hall–Kier alpha value is -2.81. The van der Waals surface area contributed by atoms with Crippen LogP contribution in [0.5, 0.6) is 11.5 Å². The number of carbonyl (C=O) groups is 3. The number of nitrogens with one attached hydrogen (secondary N) is 2. The predicted molar refractivity (Wildman–Crippen MR) is 94.8 cm³/mol. The van der Waals surface area contributed by atoms with Gasteiger partial charge in [0.05, 0.1) is 12.1 Å². The van der Waals surface area contributed by atoms with Crippen molar-refractivity contribution in [3.05, 3.63) is 23.8 Å². The van der Waals surface area contributed by atoms with Crippen molar-refractivity contribution in [2.24, 2.45) is 0 Å². The van der Waals surface area contributed by atoms with Crippen molar-refractivity contribution in [1.29, 1.82) is 0 Å². The highest BCUT2D eigenvalue weighted by atomic mass is 16.7. The molecule has 1 aromatic rings. The van der Waals surface area contributed by atoms with E-state index in [0.717, 1.165) is 0 Å². The van der Waals surface area contributed by atoms with Crippen LogP contribution in [0.2, 0.25) is 0 Å². The highest BCUT2D eigenvalue weighted by Crippen LogP contribution is 2.32. The van der Waals surface area contributed by atoms with E-state index < -0.39 is 29.4 Å². The van der Waals surface area contributed by atoms with Crippen molar-refractivity contribution in [2.75, 3.05) is 19.9 Å². The van der Waals surface area contributed by atoms with Crippen molar-refractivity contribution in [1.82, 2.24) is 10.6 Å². The Labute approximate surface area is 157 Å². The first-order chi connectivity index (χ1) is 12.7. The predicted octanol–water partition coefficient (Wildman–Crippen LogP) is 0.920. The average Bonchev–Trinajstić information content (AvgIpc) is 3.05. The normalized spacial score (nSPS) is 13.7. The summed E-state index contributed by atoms with van der Waals surface area (Å²) >= 11 is 0. The van der Waals surface area contributed by atoms with Crippen LogP contribution in [0.1, 0.15) is 37.6 Å². The van der Waals surface area contributed by atoms with Crippen LogP contribution in [-0.2, 0) is 14.3 Å². The van der Waals surface area contributed by atoms with Crippen LogP contribution in [0.4, 0.5) is 0 Å². The van der Waals surface area contributed by atoms with Gasteiger partial charge in [-0.3, -0.25) is 9.59 Å². The van der Waals surface area contributed by atoms with Gasteiger partial charge in [-0.25, -0.2) is 4.79 Å². The van der Waals surface area contributed by atoms with E-state index in [4.69, 9.17) is 14.2 Å². The molecule has 3 N–H and O–H groups in total. The molecule has 0 aromatic heterocycles. The Morgan fingerprint density at radius 3 is 2.59 bits per heavy atom. The zero-order valence-corrected chi connectivity index (χ0v) is 15.5. The van der Waals surface area contributed by atoms with Gasteiger partial charge in [-0.15, -0.1) is 0 Å². The van der Waals surface area contributed by atoms with E-state index in [2.05, 4.69) is 10.6 Å². The van der Waals surface area contributed by atoms with E-state index in [1.807, 2.05) is 20.8 Å². The zero-order valence-electron chi connectivity index (χ0n) is 15.5. The monoisotopic (exact) mass is 380 g/mol. The number of ether oxygens (including phenoxy) is 3.